The minimum Gasteiger partial charge on any atom is -0.367 e. The number of rotatable bonds is 2. The first-order chi connectivity index (χ1) is 12.0. The van der Waals surface area contributed by atoms with Crippen LogP contribution < -0.4 is 4.90 Å². The van der Waals surface area contributed by atoms with Crippen LogP contribution in [-0.4, -0.2) is 42.0 Å². The molecule has 0 saturated carbocycles. The Balaban J connectivity index is 1.73. The number of pyridine rings is 1. The van der Waals surface area contributed by atoms with Crippen LogP contribution in [0.1, 0.15) is 15.9 Å². The average molecular weight is 379 g/mol. The second-order valence-corrected chi connectivity index (χ2v) is 6.30. The molecule has 0 radical (unpaired) electrons. The minimum absolute atomic E-state index is 0.0231. The van der Waals surface area contributed by atoms with Crippen molar-refractivity contribution in [3.63, 3.8) is 0 Å². The van der Waals surface area contributed by atoms with Gasteiger partial charge >= 0.3 is 0 Å². The third kappa shape index (κ3) is 3.68. The van der Waals surface area contributed by atoms with E-state index in [1.807, 2.05) is 11.0 Å². The molecule has 0 spiro atoms. The number of amides is 1. The van der Waals surface area contributed by atoms with Gasteiger partial charge in [0.1, 0.15) is 27.8 Å². The fourth-order valence-electron chi connectivity index (χ4n) is 2.81. The number of hydrogen-bond acceptors (Lipinski definition) is 4. The van der Waals surface area contributed by atoms with Crippen LogP contribution in [0.3, 0.4) is 0 Å². The van der Waals surface area contributed by atoms with Crippen LogP contribution in [0.4, 0.5) is 10.1 Å². The van der Waals surface area contributed by atoms with Crippen LogP contribution >= 0.6 is 23.2 Å². The molecule has 2 heterocycles. The predicted molar refractivity (Wildman–Crippen MR) is 93.5 cm³/mol. The van der Waals surface area contributed by atoms with Crippen LogP contribution in [-0.2, 0) is 0 Å². The number of piperazine rings is 1. The normalized spacial score (nSPS) is 14.3. The van der Waals surface area contributed by atoms with E-state index in [1.165, 1.54) is 18.2 Å². The highest BCUT2D eigenvalue weighted by atomic mass is 35.5. The van der Waals surface area contributed by atoms with Gasteiger partial charge in [-0.3, -0.25) is 4.79 Å². The van der Waals surface area contributed by atoms with Crippen molar-refractivity contribution in [2.24, 2.45) is 0 Å². The summed E-state index contributed by atoms with van der Waals surface area (Å²) in [4.78, 5) is 20.0. The first-order valence-corrected chi connectivity index (χ1v) is 8.31. The zero-order valence-electron chi connectivity index (χ0n) is 13.0. The summed E-state index contributed by atoms with van der Waals surface area (Å²) in [6.07, 6.45) is 0. The zero-order chi connectivity index (χ0) is 18.0. The number of carbonyl (C=O) groups excluding carboxylic acids is 1. The molecule has 2 aromatic rings. The van der Waals surface area contributed by atoms with Crippen LogP contribution in [0, 0.1) is 17.1 Å². The van der Waals surface area contributed by atoms with Crippen LogP contribution in [0.5, 0.6) is 0 Å². The summed E-state index contributed by atoms with van der Waals surface area (Å²) in [6, 6.07) is 9.40. The van der Waals surface area contributed by atoms with Crippen molar-refractivity contribution in [2.75, 3.05) is 31.1 Å². The molecule has 0 bridgehead atoms. The summed E-state index contributed by atoms with van der Waals surface area (Å²) in [5.41, 5.74) is 0.946. The van der Waals surface area contributed by atoms with E-state index in [1.54, 1.807) is 17.0 Å². The van der Waals surface area contributed by atoms with Gasteiger partial charge in [-0.15, -0.1) is 0 Å². The Morgan fingerprint density at radius 3 is 2.40 bits per heavy atom. The molecular weight excluding hydrogens is 366 g/mol. The Labute approximate surface area is 154 Å². The van der Waals surface area contributed by atoms with E-state index in [-0.39, 0.29) is 21.8 Å². The van der Waals surface area contributed by atoms with Crippen molar-refractivity contribution in [1.29, 1.82) is 5.26 Å². The molecular formula is C17H13Cl2FN4O. The summed E-state index contributed by atoms with van der Waals surface area (Å²) in [5, 5.41) is 9.48. The molecule has 5 nitrogen and oxygen atoms in total. The number of nitrogens with zero attached hydrogens (tertiary/aromatic N) is 4. The van der Waals surface area contributed by atoms with E-state index in [4.69, 9.17) is 28.5 Å². The van der Waals surface area contributed by atoms with E-state index in [0.717, 1.165) is 0 Å². The molecule has 1 saturated heterocycles. The molecule has 25 heavy (non-hydrogen) atoms. The maximum absolute atomic E-state index is 13.8. The molecule has 0 atom stereocenters. The topological polar surface area (TPSA) is 60.2 Å². The summed E-state index contributed by atoms with van der Waals surface area (Å²) in [5.74, 6) is -0.731. The van der Waals surface area contributed by atoms with Gasteiger partial charge in [0, 0.05) is 31.7 Å². The average Bonchev–Trinajstić information content (AvgIpc) is 2.60. The Bertz CT molecular complexity index is 840. The third-order valence-electron chi connectivity index (χ3n) is 4.02. The number of benzene rings is 1. The molecule has 1 aromatic carbocycles. The molecule has 0 N–H and O–H groups in total. The number of hydrogen-bond donors (Lipinski definition) is 0. The highest BCUT2D eigenvalue weighted by Gasteiger charge is 2.24. The third-order valence-corrected chi connectivity index (χ3v) is 4.41. The number of carbonyl (C=O) groups is 1. The van der Waals surface area contributed by atoms with Gasteiger partial charge in [0.25, 0.3) is 5.91 Å². The van der Waals surface area contributed by atoms with Gasteiger partial charge in [0.05, 0.1) is 5.69 Å². The van der Waals surface area contributed by atoms with Crippen molar-refractivity contribution in [1.82, 2.24) is 9.88 Å². The first kappa shape index (κ1) is 17.5. The van der Waals surface area contributed by atoms with Gasteiger partial charge in [-0.05, 0) is 24.3 Å². The van der Waals surface area contributed by atoms with E-state index >= 15 is 0 Å². The largest absolute Gasteiger partial charge is 0.367 e. The Morgan fingerprint density at radius 1 is 1.16 bits per heavy atom. The molecule has 1 fully saturated rings. The maximum atomic E-state index is 13.8. The van der Waals surface area contributed by atoms with Crippen LogP contribution in [0.15, 0.2) is 30.3 Å². The van der Waals surface area contributed by atoms with E-state index in [2.05, 4.69) is 4.98 Å². The minimum atomic E-state index is -0.542. The lowest BCUT2D eigenvalue weighted by atomic mass is 10.1. The summed E-state index contributed by atoms with van der Waals surface area (Å²) < 4.78 is 13.8. The van der Waals surface area contributed by atoms with Crippen LogP contribution in [0.25, 0.3) is 0 Å². The Hall–Kier alpha value is -2.36. The molecule has 1 aliphatic heterocycles. The van der Waals surface area contributed by atoms with Crippen molar-refractivity contribution in [2.45, 2.75) is 0 Å². The zero-order valence-corrected chi connectivity index (χ0v) is 14.6. The Kier molecular flexibility index (Phi) is 5.07. The number of nitriles is 1. The summed E-state index contributed by atoms with van der Waals surface area (Å²) >= 11 is 11.7. The summed E-state index contributed by atoms with van der Waals surface area (Å²) in [6.45, 7) is 1.88. The molecule has 0 unspecified atom stereocenters. The molecule has 128 valence electrons. The number of halogens is 3. The van der Waals surface area contributed by atoms with Gasteiger partial charge in [0.15, 0.2) is 0 Å². The van der Waals surface area contributed by atoms with Gasteiger partial charge in [-0.2, -0.15) is 5.26 Å². The van der Waals surface area contributed by atoms with Crippen molar-refractivity contribution < 1.29 is 9.18 Å². The predicted octanol–water partition coefficient (Wildman–Crippen LogP) is 3.36. The number of aromatic nitrogens is 1. The monoisotopic (exact) mass is 378 g/mol. The van der Waals surface area contributed by atoms with Crippen molar-refractivity contribution in [3.05, 3.63) is 57.6 Å². The molecule has 0 aliphatic carbocycles. The lowest BCUT2D eigenvalue weighted by Crippen LogP contribution is -2.49. The van der Waals surface area contributed by atoms with Crippen molar-refractivity contribution in [3.8, 4) is 6.07 Å². The molecule has 8 heteroatoms. The molecule has 3 rings (SSSR count). The highest BCUT2D eigenvalue weighted by molar-refractivity contribution is 6.33. The summed E-state index contributed by atoms with van der Waals surface area (Å²) in [7, 11) is 0. The second-order valence-electron chi connectivity index (χ2n) is 5.53. The van der Waals surface area contributed by atoms with Crippen molar-refractivity contribution >= 4 is 34.8 Å². The fraction of sp³-hybridized carbons (Fsp3) is 0.235. The first-order valence-electron chi connectivity index (χ1n) is 7.55. The smallest absolute Gasteiger partial charge is 0.254 e. The lowest BCUT2D eigenvalue weighted by molar-refractivity contribution is 0.0746. The van der Waals surface area contributed by atoms with Crippen LogP contribution in [0.2, 0.25) is 10.3 Å². The SMILES string of the molecule is N#Cc1c(F)cccc1N1CCN(C(=O)c2cc(Cl)nc(Cl)c2)CC1. The van der Waals surface area contributed by atoms with E-state index in [0.29, 0.717) is 37.4 Å². The Morgan fingerprint density at radius 2 is 1.80 bits per heavy atom. The van der Waals surface area contributed by atoms with Gasteiger partial charge in [-0.25, -0.2) is 9.37 Å². The van der Waals surface area contributed by atoms with E-state index < -0.39 is 5.82 Å². The molecule has 1 aromatic heterocycles. The molecule has 1 aliphatic rings. The number of anilines is 1. The van der Waals surface area contributed by atoms with Gasteiger partial charge in [0.2, 0.25) is 0 Å². The van der Waals surface area contributed by atoms with E-state index in [9.17, 15) is 9.18 Å². The maximum Gasteiger partial charge on any atom is 0.254 e. The molecule has 1 amide bonds. The second kappa shape index (κ2) is 7.26. The van der Waals surface area contributed by atoms with Gasteiger partial charge < -0.3 is 9.80 Å². The lowest BCUT2D eigenvalue weighted by Gasteiger charge is -2.36. The fourth-order valence-corrected chi connectivity index (χ4v) is 3.27. The quantitative estimate of drug-likeness (QED) is 0.751. The standard InChI is InChI=1S/C17H13Cl2FN4O/c18-15-8-11(9-16(19)22-15)17(25)24-6-4-23(5-7-24)14-3-1-2-13(20)12(14)10-21/h1-3,8-9H,4-7H2. The van der Waals surface area contributed by atoms with Gasteiger partial charge in [-0.1, -0.05) is 29.3 Å². The highest BCUT2D eigenvalue weighted by Crippen LogP contribution is 2.24.